The van der Waals surface area contributed by atoms with Gasteiger partial charge >= 0.3 is 0 Å². The lowest BCUT2D eigenvalue weighted by Gasteiger charge is -2.23. The third-order valence-electron chi connectivity index (χ3n) is 3.26. The average molecular weight is 266 g/mol. The lowest BCUT2D eigenvalue weighted by Crippen LogP contribution is -2.37. The Balaban J connectivity index is 2.47. The Hall–Kier alpha value is -1.75. The van der Waals surface area contributed by atoms with Crippen molar-refractivity contribution in [2.75, 3.05) is 20.1 Å². The molecule has 1 aromatic carbocycles. The first kappa shape index (κ1) is 15.3. The van der Waals surface area contributed by atoms with Crippen LogP contribution in [0.1, 0.15) is 30.6 Å². The number of nitrogens with one attached hydrogen (secondary N) is 1. The summed E-state index contributed by atoms with van der Waals surface area (Å²) in [5, 5.41) is 21.4. The van der Waals surface area contributed by atoms with E-state index in [-0.39, 0.29) is 23.0 Å². The van der Waals surface area contributed by atoms with Crippen molar-refractivity contribution in [3.8, 4) is 11.5 Å². The molecule has 0 aliphatic heterocycles. The molecule has 0 heterocycles. The first-order valence-corrected chi connectivity index (χ1v) is 6.45. The molecule has 0 fully saturated rings. The lowest BCUT2D eigenvalue weighted by molar-refractivity contribution is 0.0946. The molecule has 1 amide bonds. The number of carbonyl (C=O) groups excluding carboxylic acids is 1. The molecule has 1 unspecified atom stereocenters. The summed E-state index contributed by atoms with van der Waals surface area (Å²) in [6.45, 7) is 5.53. The Morgan fingerprint density at radius 3 is 2.42 bits per heavy atom. The van der Waals surface area contributed by atoms with Crippen molar-refractivity contribution < 1.29 is 15.0 Å². The number of nitrogens with zero attached hydrogens (tertiary/aromatic N) is 1. The van der Waals surface area contributed by atoms with Crippen LogP contribution >= 0.6 is 0 Å². The minimum absolute atomic E-state index is 0.123. The molecule has 5 nitrogen and oxygen atoms in total. The highest BCUT2D eigenvalue weighted by atomic mass is 16.3. The lowest BCUT2D eigenvalue weighted by atomic mass is 10.2. The third-order valence-corrected chi connectivity index (χ3v) is 3.26. The highest BCUT2D eigenvalue weighted by Crippen LogP contribution is 2.20. The van der Waals surface area contributed by atoms with Gasteiger partial charge in [-0.1, -0.05) is 6.92 Å². The number of benzene rings is 1. The second-order valence-corrected chi connectivity index (χ2v) is 4.73. The van der Waals surface area contributed by atoms with Crippen molar-refractivity contribution >= 4 is 5.91 Å². The van der Waals surface area contributed by atoms with Gasteiger partial charge in [-0.05, 0) is 32.5 Å². The minimum atomic E-state index is -0.302. The average Bonchev–Trinajstić information content (AvgIpc) is 2.36. The normalized spacial score (nSPS) is 12.4. The molecule has 19 heavy (non-hydrogen) atoms. The van der Waals surface area contributed by atoms with Crippen LogP contribution in [0.25, 0.3) is 0 Å². The highest BCUT2D eigenvalue weighted by Gasteiger charge is 2.10. The molecule has 0 radical (unpaired) electrons. The molecule has 0 saturated heterocycles. The summed E-state index contributed by atoms with van der Waals surface area (Å²) in [6.07, 6.45) is 1.06. The Morgan fingerprint density at radius 2 is 1.89 bits per heavy atom. The van der Waals surface area contributed by atoms with Crippen LogP contribution in [0.2, 0.25) is 0 Å². The van der Waals surface area contributed by atoms with E-state index in [1.54, 1.807) is 0 Å². The van der Waals surface area contributed by atoms with Gasteiger partial charge in [0.2, 0.25) is 0 Å². The quantitative estimate of drug-likeness (QED) is 0.730. The third kappa shape index (κ3) is 4.79. The fraction of sp³-hybridized carbons (Fsp3) is 0.500. The van der Waals surface area contributed by atoms with Gasteiger partial charge in [0.25, 0.3) is 5.91 Å². The fourth-order valence-electron chi connectivity index (χ4n) is 1.71. The van der Waals surface area contributed by atoms with Crippen LogP contribution < -0.4 is 5.32 Å². The van der Waals surface area contributed by atoms with Gasteiger partial charge in [-0.3, -0.25) is 4.79 Å². The van der Waals surface area contributed by atoms with E-state index in [9.17, 15) is 15.0 Å². The molecule has 0 saturated carbocycles. The van der Waals surface area contributed by atoms with Crippen LogP contribution in [0.4, 0.5) is 0 Å². The van der Waals surface area contributed by atoms with Gasteiger partial charge in [-0.15, -0.1) is 0 Å². The molecule has 0 bridgehead atoms. The molecule has 5 heteroatoms. The predicted octanol–water partition coefficient (Wildman–Crippen LogP) is 1.56. The second kappa shape index (κ2) is 6.99. The highest BCUT2D eigenvalue weighted by molar-refractivity contribution is 5.95. The van der Waals surface area contributed by atoms with Gasteiger partial charge in [0, 0.05) is 30.8 Å². The number of phenolic OH excluding ortho intramolecular Hbond substituents is 2. The summed E-state index contributed by atoms with van der Waals surface area (Å²) in [6, 6.07) is 4.32. The van der Waals surface area contributed by atoms with Crippen LogP contribution in [0.15, 0.2) is 18.2 Å². The monoisotopic (exact) mass is 266 g/mol. The number of hydrogen-bond donors (Lipinski definition) is 3. The van der Waals surface area contributed by atoms with Gasteiger partial charge in [-0.25, -0.2) is 0 Å². The summed E-state index contributed by atoms with van der Waals surface area (Å²) in [7, 11) is 2.01. The molecular weight excluding hydrogens is 244 g/mol. The maximum atomic E-state index is 11.8. The molecule has 1 atom stereocenters. The van der Waals surface area contributed by atoms with Gasteiger partial charge < -0.3 is 20.4 Å². The molecule has 0 aliphatic rings. The number of amides is 1. The van der Waals surface area contributed by atoms with Crippen molar-refractivity contribution in [3.05, 3.63) is 23.8 Å². The van der Waals surface area contributed by atoms with Gasteiger partial charge in [0.05, 0.1) is 0 Å². The van der Waals surface area contributed by atoms with Crippen LogP contribution in [-0.4, -0.2) is 47.2 Å². The van der Waals surface area contributed by atoms with Crippen LogP contribution in [0.5, 0.6) is 11.5 Å². The summed E-state index contributed by atoms with van der Waals surface area (Å²) >= 11 is 0. The van der Waals surface area contributed by atoms with E-state index in [1.807, 2.05) is 7.05 Å². The number of phenols is 2. The Labute approximate surface area is 113 Å². The van der Waals surface area contributed by atoms with Gasteiger partial charge in [0.1, 0.15) is 11.5 Å². The van der Waals surface area contributed by atoms with Crippen LogP contribution in [0, 0.1) is 0 Å². The number of aromatic hydroxyl groups is 2. The van der Waals surface area contributed by atoms with E-state index < -0.39 is 0 Å². The molecule has 1 rings (SSSR count). The number of carbonyl (C=O) groups is 1. The summed E-state index contributed by atoms with van der Waals surface area (Å²) in [5.41, 5.74) is 0.253. The van der Waals surface area contributed by atoms with E-state index >= 15 is 0 Å². The molecule has 106 valence electrons. The molecule has 3 N–H and O–H groups in total. The number of rotatable bonds is 6. The van der Waals surface area contributed by atoms with E-state index in [2.05, 4.69) is 24.1 Å². The van der Waals surface area contributed by atoms with Crippen LogP contribution in [0.3, 0.4) is 0 Å². The van der Waals surface area contributed by atoms with Gasteiger partial charge in [0.15, 0.2) is 0 Å². The smallest absolute Gasteiger partial charge is 0.251 e. The molecule has 0 spiro atoms. The molecule has 0 aliphatic carbocycles. The SMILES string of the molecule is CCC(C)N(C)CCNC(=O)c1cc(O)cc(O)c1. The minimum Gasteiger partial charge on any atom is -0.508 e. The summed E-state index contributed by atoms with van der Waals surface area (Å²) in [4.78, 5) is 14.0. The standard InChI is InChI=1S/C14H22N2O3/c1-4-10(2)16(3)6-5-15-14(19)11-7-12(17)9-13(18)8-11/h7-10,17-18H,4-6H2,1-3H3,(H,15,19). The second-order valence-electron chi connectivity index (χ2n) is 4.73. The largest absolute Gasteiger partial charge is 0.508 e. The van der Waals surface area contributed by atoms with E-state index in [0.717, 1.165) is 13.0 Å². The van der Waals surface area contributed by atoms with Crippen molar-refractivity contribution in [1.82, 2.24) is 10.2 Å². The number of likely N-dealkylation sites (N-methyl/N-ethyl adjacent to an activating group) is 1. The first-order valence-electron chi connectivity index (χ1n) is 6.45. The van der Waals surface area contributed by atoms with E-state index in [4.69, 9.17) is 0 Å². The molecule has 1 aromatic rings. The maximum absolute atomic E-state index is 11.8. The van der Waals surface area contributed by atoms with Crippen molar-refractivity contribution in [2.24, 2.45) is 0 Å². The fourth-order valence-corrected chi connectivity index (χ4v) is 1.71. The summed E-state index contributed by atoms with van der Waals surface area (Å²) in [5.74, 6) is -0.549. The van der Waals surface area contributed by atoms with Crippen LogP contribution in [-0.2, 0) is 0 Å². The predicted molar refractivity (Wildman–Crippen MR) is 74.5 cm³/mol. The topological polar surface area (TPSA) is 72.8 Å². The van der Waals surface area contributed by atoms with Gasteiger partial charge in [-0.2, -0.15) is 0 Å². The summed E-state index contributed by atoms with van der Waals surface area (Å²) < 4.78 is 0. The Bertz CT molecular complexity index is 414. The zero-order valence-electron chi connectivity index (χ0n) is 11.7. The number of hydrogen-bond acceptors (Lipinski definition) is 4. The van der Waals surface area contributed by atoms with Crippen molar-refractivity contribution in [3.63, 3.8) is 0 Å². The maximum Gasteiger partial charge on any atom is 0.251 e. The first-order chi connectivity index (χ1) is 8.93. The molecule has 0 aromatic heterocycles. The van der Waals surface area contributed by atoms with Crippen molar-refractivity contribution in [2.45, 2.75) is 26.3 Å². The Morgan fingerprint density at radius 1 is 1.32 bits per heavy atom. The van der Waals surface area contributed by atoms with E-state index in [0.29, 0.717) is 12.6 Å². The zero-order chi connectivity index (χ0) is 14.4. The molecular formula is C14H22N2O3. The Kier molecular flexibility index (Phi) is 5.63. The zero-order valence-corrected chi connectivity index (χ0v) is 11.7. The van der Waals surface area contributed by atoms with Crippen molar-refractivity contribution in [1.29, 1.82) is 0 Å². The van der Waals surface area contributed by atoms with E-state index in [1.165, 1.54) is 18.2 Å².